The number of anilines is 1. The van der Waals surface area contributed by atoms with E-state index in [1.807, 2.05) is 32.0 Å². The summed E-state index contributed by atoms with van der Waals surface area (Å²) >= 11 is 0. The second-order valence-electron chi connectivity index (χ2n) is 10.7. The smallest absolute Gasteiger partial charge is 0.323 e. The van der Waals surface area contributed by atoms with Gasteiger partial charge in [-0.2, -0.15) is 4.72 Å². The Hall–Kier alpha value is -3.75. The number of aryl methyl sites for hydroxylation is 3. The lowest BCUT2D eigenvalue weighted by Gasteiger charge is -2.25. The minimum Gasteiger partial charge on any atom is -0.480 e. The first-order chi connectivity index (χ1) is 20.4. The van der Waals surface area contributed by atoms with E-state index in [1.54, 1.807) is 37.1 Å². The van der Waals surface area contributed by atoms with Crippen molar-refractivity contribution in [3.8, 4) is 0 Å². The fourth-order valence-electron chi connectivity index (χ4n) is 5.08. The molecule has 1 aromatic carbocycles. The molecule has 236 valence electrons. The summed E-state index contributed by atoms with van der Waals surface area (Å²) in [5.74, 6) is -1.37. The molecule has 13 nitrogen and oxygen atoms in total. The number of aliphatic carboxylic acids is 1. The van der Waals surface area contributed by atoms with Gasteiger partial charge in [0.05, 0.1) is 17.0 Å². The number of hydrogen-bond acceptors (Lipinski definition) is 8. The van der Waals surface area contributed by atoms with Gasteiger partial charge in [0.1, 0.15) is 18.5 Å². The molecule has 0 spiro atoms. The molecule has 0 aliphatic carbocycles. The maximum absolute atomic E-state index is 13.0. The number of urea groups is 1. The SMILES string of the molecule is CCCCNC(=O)N1C[C@H](OCC(=O)NC[C@H](NS(=O)(=O)c2c(C)cc(C)cc2C)C(=O)O)C[C@H]1CNc1ccccn1. The standard InChI is InChI=1S/C29H42N6O7S/c1-5-6-10-31-29(39)35-17-23(14-22(35)15-32-25-9-7-8-11-30-25)42-18-26(36)33-16-24(28(37)38)34-43(40,41)27-20(3)12-19(2)13-21(27)4/h7-9,11-13,22-24,34H,5-6,10,14-18H2,1-4H3,(H,30,32)(H,31,39)(H,33,36)(H,37,38)/t22-,23+,24-/m0/s1. The highest BCUT2D eigenvalue weighted by Gasteiger charge is 2.36. The minimum atomic E-state index is -4.18. The Balaban J connectivity index is 1.55. The molecule has 0 radical (unpaired) electrons. The van der Waals surface area contributed by atoms with Crippen molar-refractivity contribution >= 4 is 33.7 Å². The molecule has 3 rings (SSSR count). The topological polar surface area (TPSA) is 179 Å². The molecule has 1 fully saturated rings. The molecular formula is C29H42N6O7S. The van der Waals surface area contributed by atoms with Gasteiger partial charge in [-0.05, 0) is 56.9 Å². The molecule has 2 aromatic rings. The van der Waals surface area contributed by atoms with E-state index >= 15 is 0 Å². The van der Waals surface area contributed by atoms with Crippen LogP contribution in [0.15, 0.2) is 41.4 Å². The van der Waals surface area contributed by atoms with Crippen molar-refractivity contribution in [3.05, 3.63) is 53.2 Å². The molecule has 1 aliphatic rings. The van der Waals surface area contributed by atoms with Crippen LogP contribution in [0, 0.1) is 20.8 Å². The summed E-state index contributed by atoms with van der Waals surface area (Å²) in [6.45, 7) is 7.56. The molecule has 3 atom stereocenters. The van der Waals surface area contributed by atoms with Crippen molar-refractivity contribution in [2.45, 2.75) is 70.0 Å². The molecule has 1 aliphatic heterocycles. The van der Waals surface area contributed by atoms with E-state index in [1.165, 1.54) is 0 Å². The van der Waals surface area contributed by atoms with Gasteiger partial charge >= 0.3 is 12.0 Å². The second-order valence-corrected chi connectivity index (χ2v) is 12.4. The largest absolute Gasteiger partial charge is 0.480 e. The summed E-state index contributed by atoms with van der Waals surface area (Å²) in [4.78, 5) is 43.2. The average molecular weight is 619 g/mol. The zero-order chi connectivity index (χ0) is 31.6. The zero-order valence-electron chi connectivity index (χ0n) is 25.1. The number of likely N-dealkylation sites (tertiary alicyclic amines) is 1. The lowest BCUT2D eigenvalue weighted by molar-refractivity contribution is -0.139. The van der Waals surface area contributed by atoms with Crippen LogP contribution in [-0.4, -0.2) is 92.3 Å². The van der Waals surface area contributed by atoms with Gasteiger partial charge in [-0.1, -0.05) is 37.1 Å². The Labute approximate surface area is 252 Å². The van der Waals surface area contributed by atoms with Crippen molar-refractivity contribution in [2.24, 2.45) is 0 Å². The van der Waals surface area contributed by atoms with E-state index in [2.05, 4.69) is 25.7 Å². The Morgan fingerprint density at radius 3 is 2.49 bits per heavy atom. The van der Waals surface area contributed by atoms with Gasteiger partial charge in [0, 0.05) is 32.4 Å². The van der Waals surface area contributed by atoms with Crippen LogP contribution in [0.1, 0.15) is 42.9 Å². The highest BCUT2D eigenvalue weighted by atomic mass is 32.2. The molecule has 5 N–H and O–H groups in total. The van der Waals surface area contributed by atoms with Gasteiger partial charge in [0.25, 0.3) is 0 Å². The number of nitrogens with one attached hydrogen (secondary N) is 4. The highest BCUT2D eigenvalue weighted by molar-refractivity contribution is 7.89. The van der Waals surface area contributed by atoms with Crippen LogP contribution in [0.2, 0.25) is 0 Å². The lowest BCUT2D eigenvalue weighted by atomic mass is 10.1. The van der Waals surface area contributed by atoms with Crippen LogP contribution in [0.4, 0.5) is 10.6 Å². The summed E-state index contributed by atoms with van der Waals surface area (Å²) in [5, 5.41) is 18.2. The van der Waals surface area contributed by atoms with Crippen molar-refractivity contribution in [1.29, 1.82) is 0 Å². The molecule has 2 heterocycles. The summed E-state index contributed by atoms with van der Waals surface area (Å²) in [6, 6.07) is 6.88. The lowest BCUT2D eigenvalue weighted by Crippen LogP contribution is -2.49. The number of benzene rings is 1. The van der Waals surface area contributed by atoms with Crippen LogP contribution >= 0.6 is 0 Å². The number of carboxylic acids is 1. The number of carboxylic acid groups (broad SMARTS) is 1. The quantitative estimate of drug-likeness (QED) is 0.187. The number of carbonyl (C=O) groups is 3. The summed E-state index contributed by atoms with van der Waals surface area (Å²) < 4.78 is 34.0. The van der Waals surface area contributed by atoms with Gasteiger partial charge in [-0.25, -0.2) is 18.2 Å². The highest BCUT2D eigenvalue weighted by Crippen LogP contribution is 2.23. The first kappa shape index (κ1) is 33.7. The molecule has 0 unspecified atom stereocenters. The molecule has 43 heavy (non-hydrogen) atoms. The molecule has 14 heteroatoms. The van der Waals surface area contributed by atoms with Crippen molar-refractivity contribution in [3.63, 3.8) is 0 Å². The number of amides is 3. The third kappa shape index (κ3) is 9.90. The van der Waals surface area contributed by atoms with Gasteiger partial charge in [0.15, 0.2) is 0 Å². The van der Waals surface area contributed by atoms with E-state index in [9.17, 15) is 27.9 Å². The van der Waals surface area contributed by atoms with Crippen LogP contribution < -0.4 is 20.7 Å². The fourth-order valence-corrected chi connectivity index (χ4v) is 6.72. The number of nitrogens with zero attached hydrogens (tertiary/aromatic N) is 2. The summed E-state index contributed by atoms with van der Waals surface area (Å²) in [5.41, 5.74) is 1.86. The predicted molar refractivity (Wildman–Crippen MR) is 161 cm³/mol. The van der Waals surface area contributed by atoms with E-state index in [-0.39, 0.29) is 30.1 Å². The van der Waals surface area contributed by atoms with E-state index < -0.39 is 40.6 Å². The number of hydrogen-bond donors (Lipinski definition) is 5. The Morgan fingerprint density at radius 2 is 1.86 bits per heavy atom. The molecule has 3 amide bonds. The van der Waals surface area contributed by atoms with Crippen molar-refractivity contribution in [1.82, 2.24) is 25.2 Å². The van der Waals surface area contributed by atoms with Crippen LogP contribution in [-0.2, 0) is 24.3 Å². The number of pyridine rings is 1. The van der Waals surface area contributed by atoms with E-state index in [0.717, 1.165) is 18.4 Å². The number of carbonyl (C=O) groups excluding carboxylic acids is 2. The Kier molecular flexibility index (Phi) is 12.3. The normalized spacial score (nSPS) is 17.3. The van der Waals surface area contributed by atoms with E-state index in [0.29, 0.717) is 36.5 Å². The second kappa shape index (κ2) is 15.6. The molecule has 0 saturated carbocycles. The number of unbranched alkanes of at least 4 members (excludes halogenated alkanes) is 1. The average Bonchev–Trinajstić information content (AvgIpc) is 3.36. The Bertz CT molecular complexity index is 1350. The first-order valence-corrected chi connectivity index (χ1v) is 15.8. The monoisotopic (exact) mass is 618 g/mol. The Morgan fingerprint density at radius 1 is 1.14 bits per heavy atom. The summed E-state index contributed by atoms with van der Waals surface area (Å²) in [7, 11) is -4.18. The van der Waals surface area contributed by atoms with Gasteiger partial charge in [0.2, 0.25) is 15.9 Å². The maximum atomic E-state index is 13.0. The molecule has 1 saturated heterocycles. The molecular weight excluding hydrogens is 576 g/mol. The fraction of sp³-hybridized carbons (Fsp3) is 0.517. The van der Waals surface area contributed by atoms with Crippen LogP contribution in [0.3, 0.4) is 0 Å². The first-order valence-electron chi connectivity index (χ1n) is 14.3. The third-order valence-electron chi connectivity index (χ3n) is 7.05. The molecule has 0 bridgehead atoms. The molecule has 1 aromatic heterocycles. The van der Waals surface area contributed by atoms with Crippen LogP contribution in [0.5, 0.6) is 0 Å². The third-order valence-corrected chi connectivity index (χ3v) is 8.83. The summed E-state index contributed by atoms with van der Waals surface area (Å²) in [6.07, 6.45) is 3.51. The number of ether oxygens (including phenoxy) is 1. The van der Waals surface area contributed by atoms with Crippen molar-refractivity contribution < 1.29 is 32.6 Å². The predicted octanol–water partition coefficient (Wildman–Crippen LogP) is 1.94. The zero-order valence-corrected chi connectivity index (χ0v) is 25.9. The minimum absolute atomic E-state index is 0.00983. The van der Waals surface area contributed by atoms with Gasteiger partial charge in [-0.15, -0.1) is 0 Å². The van der Waals surface area contributed by atoms with Crippen molar-refractivity contribution in [2.75, 3.05) is 38.1 Å². The van der Waals surface area contributed by atoms with Crippen LogP contribution in [0.25, 0.3) is 0 Å². The number of sulfonamides is 1. The number of aromatic nitrogens is 1. The number of rotatable bonds is 15. The van der Waals surface area contributed by atoms with Gasteiger partial charge in [-0.3, -0.25) is 9.59 Å². The van der Waals surface area contributed by atoms with Gasteiger partial charge < -0.3 is 30.7 Å². The maximum Gasteiger partial charge on any atom is 0.323 e. The van der Waals surface area contributed by atoms with E-state index in [4.69, 9.17) is 4.74 Å².